The van der Waals surface area contributed by atoms with Crippen molar-refractivity contribution in [2.45, 2.75) is 26.8 Å². The molecule has 6 heteroatoms. The zero-order valence-corrected chi connectivity index (χ0v) is 16.6. The molecule has 1 unspecified atom stereocenters. The van der Waals surface area contributed by atoms with Crippen LogP contribution in [0.5, 0.6) is 0 Å². The van der Waals surface area contributed by atoms with Crippen LogP contribution < -0.4 is 4.90 Å². The molecule has 0 saturated carbocycles. The summed E-state index contributed by atoms with van der Waals surface area (Å²) in [4.78, 5) is 9.48. The molecule has 1 fully saturated rings. The number of aromatic amines is 1. The second-order valence-electron chi connectivity index (χ2n) is 7.43. The van der Waals surface area contributed by atoms with E-state index >= 15 is 0 Å². The van der Waals surface area contributed by atoms with Gasteiger partial charge in [-0.15, -0.1) is 0 Å². The topological polar surface area (TPSA) is 48.1 Å². The third-order valence-corrected chi connectivity index (χ3v) is 5.71. The number of rotatable bonds is 4. The second-order valence-corrected chi connectivity index (χ2v) is 7.43. The number of anilines is 1. The van der Waals surface area contributed by atoms with Gasteiger partial charge < -0.3 is 4.90 Å². The quantitative estimate of drug-likeness (QED) is 0.741. The molecule has 3 aromatic rings. The van der Waals surface area contributed by atoms with E-state index in [-0.39, 0.29) is 5.82 Å². The molecule has 3 heterocycles. The minimum absolute atomic E-state index is 0.221. The Labute approximate surface area is 165 Å². The van der Waals surface area contributed by atoms with E-state index in [0.717, 1.165) is 54.5 Å². The molecule has 1 N–H and O–H groups in total. The van der Waals surface area contributed by atoms with Gasteiger partial charge >= 0.3 is 0 Å². The van der Waals surface area contributed by atoms with Crippen molar-refractivity contribution in [1.82, 2.24) is 20.1 Å². The Bertz CT molecular complexity index is 922. The van der Waals surface area contributed by atoms with Crippen LogP contribution in [-0.2, 0) is 0 Å². The number of H-pyrrole nitrogens is 1. The highest BCUT2D eigenvalue weighted by Gasteiger charge is 2.26. The van der Waals surface area contributed by atoms with E-state index in [1.807, 2.05) is 24.4 Å². The third-order valence-electron chi connectivity index (χ3n) is 5.71. The zero-order valence-electron chi connectivity index (χ0n) is 16.6. The Kier molecular flexibility index (Phi) is 5.13. The largest absolute Gasteiger partial charge is 0.354 e. The highest BCUT2D eigenvalue weighted by Crippen LogP contribution is 2.31. The lowest BCUT2D eigenvalue weighted by atomic mass is 10.0. The predicted molar refractivity (Wildman–Crippen MR) is 110 cm³/mol. The molecule has 146 valence electrons. The minimum atomic E-state index is -0.221. The maximum atomic E-state index is 13.3. The highest BCUT2D eigenvalue weighted by atomic mass is 19.1. The molecule has 1 aliphatic heterocycles. The van der Waals surface area contributed by atoms with Crippen LogP contribution in [0.4, 0.5) is 10.2 Å². The molecule has 0 spiro atoms. The van der Waals surface area contributed by atoms with Crippen molar-refractivity contribution in [3.63, 3.8) is 0 Å². The number of benzene rings is 1. The predicted octanol–water partition coefficient (Wildman–Crippen LogP) is 4.11. The van der Waals surface area contributed by atoms with Crippen molar-refractivity contribution in [1.29, 1.82) is 0 Å². The molecule has 0 bridgehead atoms. The van der Waals surface area contributed by atoms with Crippen LogP contribution in [0.1, 0.15) is 29.9 Å². The number of halogens is 1. The number of nitrogens with one attached hydrogen (secondary N) is 1. The van der Waals surface area contributed by atoms with Crippen LogP contribution in [0, 0.1) is 19.7 Å². The fourth-order valence-corrected chi connectivity index (χ4v) is 4.18. The zero-order chi connectivity index (χ0) is 19.7. The maximum Gasteiger partial charge on any atom is 0.136 e. The monoisotopic (exact) mass is 379 g/mol. The average molecular weight is 379 g/mol. The molecule has 5 nitrogen and oxygen atoms in total. The number of hydrogen-bond acceptors (Lipinski definition) is 4. The van der Waals surface area contributed by atoms with Gasteiger partial charge in [-0.3, -0.25) is 10.00 Å². The van der Waals surface area contributed by atoms with Crippen LogP contribution >= 0.6 is 0 Å². The Hall–Kier alpha value is -2.73. The van der Waals surface area contributed by atoms with E-state index in [2.05, 4.69) is 51.8 Å². The SMILES string of the molecule is Cc1n[nH]c(C)c1C(C)N1CCN(c2ncccc2-c2ccc(F)cc2)CC1. The molecule has 2 aromatic heterocycles. The van der Waals surface area contributed by atoms with Crippen LogP contribution in [0.2, 0.25) is 0 Å². The van der Waals surface area contributed by atoms with Crippen molar-refractivity contribution >= 4 is 5.82 Å². The van der Waals surface area contributed by atoms with Gasteiger partial charge in [-0.2, -0.15) is 5.10 Å². The summed E-state index contributed by atoms with van der Waals surface area (Å²) in [6.45, 7) is 10.1. The van der Waals surface area contributed by atoms with Crippen molar-refractivity contribution < 1.29 is 4.39 Å². The van der Waals surface area contributed by atoms with Gasteiger partial charge in [0.05, 0.1) is 5.69 Å². The number of aromatic nitrogens is 3. The second kappa shape index (κ2) is 7.72. The molecular weight excluding hydrogens is 353 g/mol. The smallest absolute Gasteiger partial charge is 0.136 e. The van der Waals surface area contributed by atoms with Crippen LogP contribution in [0.25, 0.3) is 11.1 Å². The van der Waals surface area contributed by atoms with Gasteiger partial charge in [0.15, 0.2) is 0 Å². The van der Waals surface area contributed by atoms with E-state index in [4.69, 9.17) is 0 Å². The summed E-state index contributed by atoms with van der Waals surface area (Å²) in [5, 5.41) is 7.44. The Balaban J connectivity index is 1.51. The lowest BCUT2D eigenvalue weighted by Gasteiger charge is -2.39. The van der Waals surface area contributed by atoms with E-state index < -0.39 is 0 Å². The van der Waals surface area contributed by atoms with Crippen molar-refractivity contribution in [3.8, 4) is 11.1 Å². The summed E-state index contributed by atoms with van der Waals surface area (Å²) in [5.74, 6) is 0.749. The van der Waals surface area contributed by atoms with Gasteiger partial charge in [0.2, 0.25) is 0 Å². The lowest BCUT2D eigenvalue weighted by Crippen LogP contribution is -2.47. The van der Waals surface area contributed by atoms with Crippen LogP contribution in [0.3, 0.4) is 0 Å². The van der Waals surface area contributed by atoms with Gasteiger partial charge in [0.1, 0.15) is 11.6 Å². The molecule has 1 aromatic carbocycles. The van der Waals surface area contributed by atoms with E-state index in [0.29, 0.717) is 6.04 Å². The molecule has 1 atom stereocenters. The fourth-order valence-electron chi connectivity index (χ4n) is 4.18. The first kappa shape index (κ1) is 18.6. The number of piperazine rings is 1. The summed E-state index contributed by atoms with van der Waals surface area (Å²) >= 11 is 0. The maximum absolute atomic E-state index is 13.3. The Morgan fingerprint density at radius 2 is 1.75 bits per heavy atom. The van der Waals surface area contributed by atoms with E-state index in [9.17, 15) is 4.39 Å². The molecule has 4 rings (SSSR count). The first-order chi connectivity index (χ1) is 13.5. The molecular formula is C22H26FN5. The van der Waals surface area contributed by atoms with Crippen molar-refractivity contribution in [2.24, 2.45) is 0 Å². The van der Waals surface area contributed by atoms with E-state index in [1.165, 1.54) is 17.7 Å². The fraction of sp³-hybridized carbons (Fsp3) is 0.364. The Morgan fingerprint density at radius 3 is 2.39 bits per heavy atom. The molecule has 0 radical (unpaired) electrons. The van der Waals surface area contributed by atoms with E-state index in [1.54, 1.807) is 0 Å². The van der Waals surface area contributed by atoms with Gasteiger partial charge in [0.25, 0.3) is 0 Å². The standard InChI is InChI=1S/C22H26FN5/c1-15-21(16(2)26-25-15)17(3)27-11-13-28(14-12-27)22-20(5-4-10-24-22)18-6-8-19(23)9-7-18/h4-10,17H,11-14H2,1-3H3,(H,25,26). The average Bonchev–Trinajstić information content (AvgIpc) is 3.06. The van der Waals surface area contributed by atoms with Gasteiger partial charge in [-0.25, -0.2) is 9.37 Å². The summed E-state index contributed by atoms with van der Waals surface area (Å²) in [6, 6.07) is 11.0. The molecule has 1 aliphatic rings. The van der Waals surface area contributed by atoms with Gasteiger partial charge in [-0.1, -0.05) is 12.1 Å². The molecule has 0 amide bonds. The molecule has 0 aliphatic carbocycles. The third kappa shape index (κ3) is 3.52. The summed E-state index contributed by atoms with van der Waals surface area (Å²) in [7, 11) is 0. The molecule has 28 heavy (non-hydrogen) atoms. The number of pyridine rings is 1. The number of hydrogen-bond donors (Lipinski definition) is 1. The number of nitrogens with zero attached hydrogens (tertiary/aromatic N) is 4. The van der Waals surface area contributed by atoms with Crippen LogP contribution in [0.15, 0.2) is 42.6 Å². The number of aryl methyl sites for hydroxylation is 2. The first-order valence-electron chi connectivity index (χ1n) is 9.76. The van der Waals surface area contributed by atoms with Gasteiger partial charge in [0, 0.05) is 55.2 Å². The van der Waals surface area contributed by atoms with Crippen LogP contribution in [-0.4, -0.2) is 46.3 Å². The lowest BCUT2D eigenvalue weighted by molar-refractivity contribution is 0.197. The summed E-state index contributed by atoms with van der Waals surface area (Å²) < 4.78 is 13.3. The summed E-state index contributed by atoms with van der Waals surface area (Å²) in [6.07, 6.45) is 1.83. The minimum Gasteiger partial charge on any atom is -0.354 e. The molecule has 1 saturated heterocycles. The highest BCUT2D eigenvalue weighted by molar-refractivity contribution is 5.75. The van der Waals surface area contributed by atoms with Crippen molar-refractivity contribution in [3.05, 3.63) is 65.4 Å². The van der Waals surface area contributed by atoms with Gasteiger partial charge in [-0.05, 0) is 50.6 Å². The summed E-state index contributed by atoms with van der Waals surface area (Å²) in [5.41, 5.74) is 5.57. The van der Waals surface area contributed by atoms with Crippen molar-refractivity contribution in [2.75, 3.05) is 31.1 Å². The first-order valence-corrected chi connectivity index (χ1v) is 9.76. The Morgan fingerprint density at radius 1 is 1.04 bits per heavy atom. The normalized spacial score (nSPS) is 16.4.